The highest BCUT2D eigenvalue weighted by Gasteiger charge is 2.29. The number of nitrogens with one attached hydrogen (secondary N) is 8. The molecular formula is C116H106N8O2. The Kier molecular flexibility index (Phi) is 19.3. The predicted molar refractivity (Wildman–Crippen MR) is 529 cm³/mol. The molecule has 13 aromatic carbocycles. The second-order valence-electron chi connectivity index (χ2n) is 41.0. The molecule has 19 rings (SSSR count). The summed E-state index contributed by atoms with van der Waals surface area (Å²) in [5, 5.41) is 19.7. The maximum absolute atomic E-state index is 13.7. The Morgan fingerprint density at radius 1 is 0.230 bits per heavy atom. The van der Waals surface area contributed by atoms with Gasteiger partial charge in [0, 0.05) is 120 Å². The lowest BCUT2D eigenvalue weighted by Crippen LogP contribution is -2.26. The maximum Gasteiger partial charge on any atom is 0.251 e. The molecule has 0 spiro atoms. The first-order valence-electron chi connectivity index (χ1n) is 44.1. The van der Waals surface area contributed by atoms with Crippen molar-refractivity contribution >= 4 is 143 Å². The number of amides is 2. The molecule has 8 N–H and O–H groups in total. The van der Waals surface area contributed by atoms with Gasteiger partial charge in [0.25, 0.3) is 11.8 Å². The Labute approximate surface area is 736 Å². The van der Waals surface area contributed by atoms with E-state index in [9.17, 15) is 9.59 Å². The second kappa shape index (κ2) is 29.8. The normalized spacial score (nSPS) is 13.0. The van der Waals surface area contributed by atoms with Crippen LogP contribution in [0.5, 0.6) is 0 Å². The van der Waals surface area contributed by atoms with Gasteiger partial charge in [-0.05, 0) is 200 Å². The smallest absolute Gasteiger partial charge is 0.251 e. The predicted octanol–water partition coefficient (Wildman–Crippen LogP) is 27.9. The molecule has 0 aliphatic carbocycles. The van der Waals surface area contributed by atoms with Crippen LogP contribution in [0.25, 0.3) is 131 Å². The topological polar surface area (TPSA) is 153 Å². The first-order chi connectivity index (χ1) is 59.8. The zero-order valence-electron chi connectivity index (χ0n) is 75.8. The number of aromatic nitrogens is 6. The number of hydrogen-bond acceptors (Lipinski definition) is 2. The van der Waals surface area contributed by atoms with Gasteiger partial charge >= 0.3 is 0 Å². The second-order valence-corrected chi connectivity index (χ2v) is 41.0. The molecule has 19 aromatic rings. The summed E-state index contributed by atoms with van der Waals surface area (Å²) in [5.41, 5.74) is 28.1. The molecule has 0 aliphatic heterocycles. The van der Waals surface area contributed by atoms with E-state index < -0.39 is 0 Å². The van der Waals surface area contributed by atoms with Crippen molar-refractivity contribution in [1.29, 1.82) is 0 Å². The van der Waals surface area contributed by atoms with Gasteiger partial charge in [0.05, 0.1) is 78.3 Å². The molecular weight excluding hydrogens is 1540 g/mol. The van der Waals surface area contributed by atoms with Crippen molar-refractivity contribution in [1.82, 2.24) is 40.5 Å². The van der Waals surface area contributed by atoms with Crippen molar-refractivity contribution in [2.45, 2.75) is 183 Å². The Hall–Kier alpha value is -14.2. The van der Waals surface area contributed by atoms with Crippen LogP contribution in [0, 0.1) is 47.4 Å². The molecule has 2 amide bonds. The third kappa shape index (κ3) is 14.8. The molecule has 0 saturated carbocycles. The van der Waals surface area contributed by atoms with Gasteiger partial charge in [-0.25, -0.2) is 0 Å². The zero-order chi connectivity index (χ0) is 88.3. The van der Waals surface area contributed by atoms with Crippen LogP contribution in [0.4, 0.5) is 0 Å². The van der Waals surface area contributed by atoms with Crippen LogP contribution in [0.2, 0.25) is 0 Å². The van der Waals surface area contributed by atoms with Gasteiger partial charge in [-0.15, -0.1) is 0 Å². The lowest BCUT2D eigenvalue weighted by molar-refractivity contribution is 0.0931. The summed E-state index contributed by atoms with van der Waals surface area (Å²) < 4.78 is 0. The molecule has 0 saturated heterocycles. The number of hydrogen-bond donors (Lipinski definition) is 8. The Morgan fingerprint density at radius 2 is 0.437 bits per heavy atom. The summed E-state index contributed by atoms with van der Waals surface area (Å²) in [5.74, 6) is 29.2. The van der Waals surface area contributed by atoms with Gasteiger partial charge < -0.3 is 40.5 Å². The molecule has 0 radical (unpaired) electrons. The Balaban J connectivity index is 0.713. The number of rotatable bonds is 6. The van der Waals surface area contributed by atoms with Gasteiger partial charge in [-0.1, -0.05) is 281 Å². The van der Waals surface area contributed by atoms with Gasteiger partial charge in [-0.3, -0.25) is 9.59 Å². The number of carbonyl (C=O) groups is 2. The van der Waals surface area contributed by atoms with E-state index in [-0.39, 0.29) is 56.4 Å². The van der Waals surface area contributed by atoms with Crippen LogP contribution in [0.1, 0.15) is 260 Å². The highest BCUT2D eigenvalue weighted by Crippen LogP contribution is 2.46. The molecule has 0 unspecified atom stereocenters. The van der Waals surface area contributed by atoms with E-state index in [1.807, 2.05) is 123 Å². The molecule has 10 nitrogen and oxygen atoms in total. The van der Waals surface area contributed by atoms with Crippen molar-refractivity contribution in [3.8, 4) is 47.4 Å². The van der Waals surface area contributed by atoms with Gasteiger partial charge in [-0.2, -0.15) is 0 Å². The summed E-state index contributed by atoms with van der Waals surface area (Å²) in [6.45, 7) is 44.9. The van der Waals surface area contributed by atoms with E-state index in [0.29, 0.717) is 11.1 Å². The third-order valence-electron chi connectivity index (χ3n) is 25.8. The first-order valence-corrected chi connectivity index (χ1v) is 44.1. The Bertz CT molecular complexity index is 7630. The summed E-state index contributed by atoms with van der Waals surface area (Å²) in [7, 11) is 0. The molecule has 126 heavy (non-hydrogen) atoms. The van der Waals surface area contributed by atoms with Crippen molar-refractivity contribution in [3.63, 3.8) is 0 Å². The molecule has 6 heterocycles. The van der Waals surface area contributed by atoms with E-state index >= 15 is 0 Å². The van der Waals surface area contributed by atoms with E-state index in [4.69, 9.17) is 0 Å². The van der Waals surface area contributed by atoms with Crippen LogP contribution in [0.15, 0.2) is 218 Å². The SMILES string of the molecule is C[C@H](NC(=O)c1cccc(C#Cc2cc(C(C)(C)C)cc3c2[nH]c2c3ccc3c4cc(C(C)(C)C)cc(C#Cc5cc(C(C)(C)C)cc6c5[nH]c5c6ccc6c7cc(C(C)(C)C)cc(C#Cc8cc(C(C)(C)C)cc9c8[nH]c8c9ccc9c%10cc(C(C)(C)C)cc(C#Cc%11cccc(C(=O)N[C@@H](C)c%12ccccc%12)c%11)c%10[nH]c98)c7[nH]c65)c4[nH]c32)c1)c1ccccc1. The van der Waals surface area contributed by atoms with Crippen molar-refractivity contribution < 1.29 is 9.59 Å². The van der Waals surface area contributed by atoms with Crippen molar-refractivity contribution in [2.24, 2.45) is 0 Å². The quantitative estimate of drug-likeness (QED) is 0.0782. The molecule has 622 valence electrons. The van der Waals surface area contributed by atoms with Crippen LogP contribution in [-0.4, -0.2) is 41.7 Å². The van der Waals surface area contributed by atoms with E-state index in [0.717, 1.165) is 186 Å². The molecule has 2 atom stereocenters. The molecule has 0 aliphatic rings. The van der Waals surface area contributed by atoms with E-state index in [1.54, 1.807) is 0 Å². The fourth-order valence-corrected chi connectivity index (χ4v) is 18.0. The number of H-pyrrole nitrogens is 6. The minimum absolute atomic E-state index is 0.146. The monoisotopic (exact) mass is 1640 g/mol. The zero-order valence-corrected chi connectivity index (χ0v) is 75.8. The van der Waals surface area contributed by atoms with Gasteiger partial charge in [0.2, 0.25) is 0 Å². The van der Waals surface area contributed by atoms with Crippen LogP contribution in [-0.2, 0) is 32.5 Å². The average molecular weight is 1640 g/mol. The fraction of sp³-hybridized carbons (Fsp3) is 0.241. The number of benzene rings is 13. The lowest BCUT2D eigenvalue weighted by Gasteiger charge is -2.20. The first kappa shape index (κ1) is 81.5. The van der Waals surface area contributed by atoms with E-state index in [2.05, 4.69) is 322 Å². The third-order valence-corrected chi connectivity index (χ3v) is 25.8. The summed E-state index contributed by atoms with van der Waals surface area (Å²) in [4.78, 5) is 51.3. The molecule has 0 bridgehead atoms. The lowest BCUT2D eigenvalue weighted by atomic mass is 9.84. The van der Waals surface area contributed by atoms with Crippen LogP contribution in [0.3, 0.4) is 0 Å². The Morgan fingerprint density at radius 3 is 0.643 bits per heavy atom. The fourth-order valence-electron chi connectivity index (χ4n) is 18.0. The summed E-state index contributed by atoms with van der Waals surface area (Å²) >= 11 is 0. The van der Waals surface area contributed by atoms with Crippen LogP contribution < -0.4 is 10.6 Å². The maximum atomic E-state index is 13.7. The molecule has 6 aromatic heterocycles. The summed E-state index contributed by atoms with van der Waals surface area (Å²) in [6, 6.07) is 76.3. The number of aromatic amines is 6. The van der Waals surface area contributed by atoms with Crippen molar-refractivity contribution in [2.75, 3.05) is 0 Å². The average Bonchev–Trinajstić information content (AvgIpc) is 1.57. The highest BCUT2D eigenvalue weighted by atomic mass is 16.2. The minimum Gasteiger partial charge on any atom is -0.352 e. The van der Waals surface area contributed by atoms with Crippen molar-refractivity contribution in [3.05, 3.63) is 319 Å². The van der Waals surface area contributed by atoms with Crippen LogP contribution >= 0.6 is 0 Å². The van der Waals surface area contributed by atoms with Gasteiger partial charge in [0.15, 0.2) is 0 Å². The summed E-state index contributed by atoms with van der Waals surface area (Å²) in [6.07, 6.45) is 0. The highest BCUT2D eigenvalue weighted by molar-refractivity contribution is 6.26. The van der Waals surface area contributed by atoms with E-state index in [1.165, 1.54) is 33.4 Å². The molecule has 0 fully saturated rings. The minimum atomic E-state index is -0.201. The number of carbonyl (C=O) groups excluding carboxylic acids is 2. The standard InChI is InChI=1S/C116H106N8O2/c1-65(69-31-23-21-24-32-69)117-109(125)77-35-27-29-67(51-77)37-39-71-53-79(111(3,4)5)59-91-85-45-47-87-93-61-81(113(9,10)11)55-73(99(93)121-105(87)103(85)119-97(71)91)41-43-75-57-83(115(15,16)17)63-95-89-49-50-90-96-64-84(116(18,19)20)58-76(102(96)124-108(90)107(89)123-101(75)95)44-42-74-56-82(114(12,13)14)62-94-88-48-46-86-92-60-80(112(6,7)8)54-72(98(92)120-104(86)106(88)122-100(74)94)40-38-68-30-28-36-78(52-68)110(126)118-66(2)70-33-25-22-26-34-70/h21-36,45-66,119-124H,1-20H3,(H,117,125)(H,118,126)/t65-,66-/m0/s1. The largest absolute Gasteiger partial charge is 0.352 e. The molecule has 10 heteroatoms. The number of fused-ring (bicyclic) bond motifs is 21. The van der Waals surface area contributed by atoms with Gasteiger partial charge in [0.1, 0.15) is 0 Å².